The first-order chi connectivity index (χ1) is 10.0. The van der Waals surface area contributed by atoms with Crippen LogP contribution < -0.4 is 4.74 Å². The third kappa shape index (κ3) is 4.61. The molecule has 1 heterocycles. The molecule has 0 aliphatic heterocycles. The van der Waals surface area contributed by atoms with Gasteiger partial charge in [-0.2, -0.15) is 0 Å². The van der Waals surface area contributed by atoms with Crippen LogP contribution in [0, 0.1) is 6.92 Å². The normalized spacial score (nSPS) is 10.8. The fourth-order valence-corrected chi connectivity index (χ4v) is 1.98. The number of halogens is 1. The number of ether oxygens (including phenoxy) is 1. The molecule has 2 aromatic rings. The van der Waals surface area contributed by atoms with Crippen LogP contribution in [0.5, 0.6) is 5.75 Å². The second kappa shape index (κ2) is 6.90. The number of carboxylic acids is 1. The number of aromatic nitrogens is 1. The van der Waals surface area contributed by atoms with Crippen molar-refractivity contribution in [2.24, 2.45) is 0 Å². The molecule has 0 bridgehead atoms. The summed E-state index contributed by atoms with van der Waals surface area (Å²) in [6.07, 6.45) is 6.01. The largest absolute Gasteiger partial charge is 0.488 e. The van der Waals surface area contributed by atoms with Crippen LogP contribution >= 0.6 is 11.6 Å². The zero-order chi connectivity index (χ0) is 15.2. The Bertz CT molecular complexity index is 683. The maximum atomic E-state index is 10.6. The standard InChI is InChI=1S/C16H14ClNO3/c1-11-6-12(9-18-8-11)10-21-15-4-3-14(17)7-13(15)2-5-16(19)20/h2-9H,10H2,1H3,(H,19,20)/b5-2+. The number of aryl methyl sites for hydroxylation is 1. The van der Waals surface area contributed by atoms with Crippen LogP contribution in [0.15, 0.2) is 42.7 Å². The molecule has 5 heteroatoms. The molecule has 0 saturated carbocycles. The molecule has 0 spiro atoms. The summed E-state index contributed by atoms with van der Waals surface area (Å²) in [6.45, 7) is 2.31. The van der Waals surface area contributed by atoms with Crippen LogP contribution in [0.1, 0.15) is 16.7 Å². The van der Waals surface area contributed by atoms with Crippen molar-refractivity contribution in [2.75, 3.05) is 0 Å². The Morgan fingerprint density at radius 1 is 1.38 bits per heavy atom. The number of aliphatic carboxylic acids is 1. The van der Waals surface area contributed by atoms with Gasteiger partial charge >= 0.3 is 5.97 Å². The molecule has 0 saturated heterocycles. The van der Waals surface area contributed by atoms with E-state index in [0.29, 0.717) is 22.9 Å². The fraction of sp³-hybridized carbons (Fsp3) is 0.125. The van der Waals surface area contributed by atoms with Crippen molar-refractivity contribution in [3.05, 3.63) is 64.4 Å². The molecule has 1 aromatic carbocycles. The molecule has 0 unspecified atom stereocenters. The van der Waals surface area contributed by atoms with Gasteiger partial charge in [-0.05, 0) is 42.8 Å². The second-order valence-electron chi connectivity index (χ2n) is 4.51. The lowest BCUT2D eigenvalue weighted by Gasteiger charge is -2.10. The molecular formula is C16H14ClNO3. The fourth-order valence-electron chi connectivity index (χ4n) is 1.80. The van der Waals surface area contributed by atoms with Gasteiger partial charge in [-0.25, -0.2) is 4.79 Å². The Morgan fingerprint density at radius 3 is 2.90 bits per heavy atom. The van der Waals surface area contributed by atoms with Crippen molar-refractivity contribution in [3.8, 4) is 5.75 Å². The molecule has 0 aliphatic carbocycles. The second-order valence-corrected chi connectivity index (χ2v) is 4.95. The zero-order valence-electron chi connectivity index (χ0n) is 11.4. The van der Waals surface area contributed by atoms with Gasteiger partial charge < -0.3 is 9.84 Å². The van der Waals surface area contributed by atoms with Crippen LogP contribution in [0.4, 0.5) is 0 Å². The van der Waals surface area contributed by atoms with Crippen molar-refractivity contribution in [1.29, 1.82) is 0 Å². The van der Waals surface area contributed by atoms with Gasteiger partial charge in [0.05, 0.1) is 0 Å². The molecule has 0 aliphatic rings. The smallest absolute Gasteiger partial charge is 0.328 e. The maximum Gasteiger partial charge on any atom is 0.328 e. The number of nitrogens with zero attached hydrogens (tertiary/aromatic N) is 1. The Hall–Kier alpha value is -2.33. The number of hydrogen-bond acceptors (Lipinski definition) is 3. The lowest BCUT2D eigenvalue weighted by Crippen LogP contribution is -1.98. The zero-order valence-corrected chi connectivity index (χ0v) is 12.2. The third-order valence-corrected chi connectivity index (χ3v) is 2.94. The van der Waals surface area contributed by atoms with E-state index in [0.717, 1.165) is 17.2 Å². The molecule has 1 aromatic heterocycles. The highest BCUT2D eigenvalue weighted by atomic mass is 35.5. The molecule has 0 fully saturated rings. The minimum Gasteiger partial charge on any atom is -0.488 e. The van der Waals surface area contributed by atoms with Gasteiger partial charge in [-0.1, -0.05) is 11.6 Å². The number of carbonyl (C=O) groups is 1. The first-order valence-corrected chi connectivity index (χ1v) is 6.66. The lowest BCUT2D eigenvalue weighted by atomic mass is 10.2. The topological polar surface area (TPSA) is 59.4 Å². The predicted molar refractivity (Wildman–Crippen MR) is 81.4 cm³/mol. The summed E-state index contributed by atoms with van der Waals surface area (Å²) >= 11 is 5.92. The third-order valence-electron chi connectivity index (χ3n) is 2.70. The Balaban J connectivity index is 2.17. The van der Waals surface area contributed by atoms with E-state index in [1.807, 2.05) is 13.0 Å². The van der Waals surface area contributed by atoms with Crippen LogP contribution in [-0.4, -0.2) is 16.1 Å². The van der Waals surface area contributed by atoms with Crippen molar-refractivity contribution < 1.29 is 14.6 Å². The average molecular weight is 304 g/mol. The summed E-state index contributed by atoms with van der Waals surface area (Å²) in [5.74, 6) is -0.456. The van der Waals surface area contributed by atoms with E-state index in [2.05, 4.69) is 4.98 Å². The van der Waals surface area contributed by atoms with Gasteiger partial charge in [-0.3, -0.25) is 4.98 Å². The van der Waals surface area contributed by atoms with Gasteiger partial charge in [0.1, 0.15) is 12.4 Å². The number of pyridine rings is 1. The van der Waals surface area contributed by atoms with Crippen molar-refractivity contribution in [3.63, 3.8) is 0 Å². The van der Waals surface area contributed by atoms with E-state index in [4.69, 9.17) is 21.4 Å². The number of hydrogen-bond donors (Lipinski definition) is 1. The average Bonchev–Trinajstić information content (AvgIpc) is 2.44. The summed E-state index contributed by atoms with van der Waals surface area (Å²) in [4.78, 5) is 14.7. The molecule has 0 radical (unpaired) electrons. The molecule has 4 nitrogen and oxygen atoms in total. The number of benzene rings is 1. The minimum atomic E-state index is -1.02. The van der Waals surface area contributed by atoms with Crippen molar-refractivity contribution in [1.82, 2.24) is 4.98 Å². The van der Waals surface area contributed by atoms with E-state index in [9.17, 15) is 4.79 Å². The van der Waals surface area contributed by atoms with Crippen LogP contribution in [0.2, 0.25) is 5.02 Å². The van der Waals surface area contributed by atoms with Crippen molar-refractivity contribution in [2.45, 2.75) is 13.5 Å². The molecule has 21 heavy (non-hydrogen) atoms. The van der Waals surface area contributed by atoms with E-state index in [1.165, 1.54) is 6.08 Å². The van der Waals surface area contributed by atoms with Gasteiger partial charge in [0, 0.05) is 34.6 Å². The summed E-state index contributed by atoms with van der Waals surface area (Å²) in [7, 11) is 0. The van der Waals surface area contributed by atoms with Crippen LogP contribution in [0.25, 0.3) is 6.08 Å². The minimum absolute atomic E-state index is 0.351. The molecule has 2 rings (SSSR count). The Kier molecular flexibility index (Phi) is 4.95. The summed E-state index contributed by atoms with van der Waals surface area (Å²) in [5.41, 5.74) is 2.61. The molecule has 0 amide bonds. The van der Waals surface area contributed by atoms with E-state index in [1.54, 1.807) is 30.6 Å². The first-order valence-electron chi connectivity index (χ1n) is 6.28. The highest BCUT2D eigenvalue weighted by Gasteiger charge is 2.04. The van der Waals surface area contributed by atoms with Gasteiger partial charge in [0.25, 0.3) is 0 Å². The van der Waals surface area contributed by atoms with Crippen LogP contribution in [-0.2, 0) is 11.4 Å². The summed E-state index contributed by atoms with van der Waals surface area (Å²) in [6, 6.07) is 7.05. The summed E-state index contributed by atoms with van der Waals surface area (Å²) in [5, 5.41) is 9.22. The monoisotopic (exact) mass is 303 g/mol. The number of rotatable bonds is 5. The highest BCUT2D eigenvalue weighted by molar-refractivity contribution is 6.30. The molecule has 0 atom stereocenters. The SMILES string of the molecule is Cc1cncc(COc2ccc(Cl)cc2/C=C/C(=O)O)c1. The van der Waals surface area contributed by atoms with Crippen LogP contribution in [0.3, 0.4) is 0 Å². The molecular weight excluding hydrogens is 290 g/mol. The summed E-state index contributed by atoms with van der Waals surface area (Å²) < 4.78 is 5.72. The van der Waals surface area contributed by atoms with Gasteiger partial charge in [0.2, 0.25) is 0 Å². The lowest BCUT2D eigenvalue weighted by molar-refractivity contribution is -0.131. The Labute approximate surface area is 127 Å². The van der Waals surface area contributed by atoms with Gasteiger partial charge in [0.15, 0.2) is 0 Å². The van der Waals surface area contributed by atoms with E-state index < -0.39 is 5.97 Å². The Morgan fingerprint density at radius 2 is 2.19 bits per heavy atom. The molecule has 1 N–H and O–H groups in total. The molecule has 108 valence electrons. The number of carboxylic acid groups (broad SMARTS) is 1. The quantitative estimate of drug-likeness (QED) is 0.855. The maximum absolute atomic E-state index is 10.6. The van der Waals surface area contributed by atoms with E-state index >= 15 is 0 Å². The van der Waals surface area contributed by atoms with Gasteiger partial charge in [-0.15, -0.1) is 0 Å². The highest BCUT2D eigenvalue weighted by Crippen LogP contribution is 2.25. The first kappa shape index (κ1) is 15.1. The predicted octanol–water partition coefficient (Wildman–Crippen LogP) is 3.72. The van der Waals surface area contributed by atoms with E-state index in [-0.39, 0.29) is 0 Å². The van der Waals surface area contributed by atoms with Crippen molar-refractivity contribution >= 4 is 23.6 Å².